The Morgan fingerprint density at radius 3 is 2.79 bits per heavy atom. The molecule has 0 saturated heterocycles. The lowest BCUT2D eigenvalue weighted by atomic mass is 10.2. The summed E-state index contributed by atoms with van der Waals surface area (Å²) in [5, 5.41) is 9.11. The quantitative estimate of drug-likeness (QED) is 0.818. The van der Waals surface area contributed by atoms with Gasteiger partial charge in [0.25, 0.3) is 0 Å². The van der Waals surface area contributed by atoms with Gasteiger partial charge in [0, 0.05) is 8.96 Å². The molecule has 72 valence electrons. The first-order valence-electron chi connectivity index (χ1n) is 3.71. The Labute approximate surface area is 96.5 Å². The van der Waals surface area contributed by atoms with Gasteiger partial charge in [-0.25, -0.2) is 9.18 Å². The van der Waals surface area contributed by atoms with Crippen LogP contribution in [0.4, 0.5) is 4.39 Å². The maximum Gasteiger partial charge on any atom is 0.348 e. The van der Waals surface area contributed by atoms with Crippen LogP contribution in [-0.2, 0) is 0 Å². The van der Waals surface area contributed by atoms with Crippen molar-refractivity contribution in [3.63, 3.8) is 0 Å². The lowest BCUT2D eigenvalue weighted by Gasteiger charge is -1.90. The van der Waals surface area contributed by atoms with Gasteiger partial charge in [-0.15, -0.1) is 11.3 Å². The number of fused-ring (bicyclic) bond motifs is 1. The van der Waals surface area contributed by atoms with E-state index in [0.29, 0.717) is 10.1 Å². The van der Waals surface area contributed by atoms with Gasteiger partial charge in [0.1, 0.15) is 4.88 Å². The van der Waals surface area contributed by atoms with Crippen molar-refractivity contribution in [1.82, 2.24) is 0 Å². The zero-order valence-corrected chi connectivity index (χ0v) is 9.73. The van der Waals surface area contributed by atoms with Gasteiger partial charge in [0.2, 0.25) is 0 Å². The average Bonchev–Trinajstić information content (AvgIpc) is 2.46. The van der Waals surface area contributed by atoms with E-state index in [-0.39, 0.29) is 4.88 Å². The number of benzene rings is 1. The number of carboxylic acid groups (broad SMARTS) is 1. The summed E-state index contributed by atoms with van der Waals surface area (Å²) in [6, 6.07) is 5.13. The highest BCUT2D eigenvalue weighted by Gasteiger charge is 2.18. The lowest BCUT2D eigenvalue weighted by molar-refractivity contribution is 0.0698. The van der Waals surface area contributed by atoms with E-state index < -0.39 is 11.8 Å². The second kappa shape index (κ2) is 3.47. The van der Waals surface area contributed by atoms with E-state index in [9.17, 15) is 9.18 Å². The van der Waals surface area contributed by atoms with Gasteiger partial charge in [-0.1, -0.05) is 12.1 Å². The van der Waals surface area contributed by atoms with Gasteiger partial charge in [0.15, 0.2) is 5.82 Å². The Balaban J connectivity index is 2.86. The maximum atomic E-state index is 13.5. The van der Waals surface area contributed by atoms with Crippen LogP contribution in [0.15, 0.2) is 18.2 Å². The van der Waals surface area contributed by atoms with E-state index in [2.05, 4.69) is 22.6 Å². The number of carbonyl (C=O) groups is 1. The number of hydrogen-bond acceptors (Lipinski definition) is 2. The third-order valence-electron chi connectivity index (χ3n) is 1.80. The van der Waals surface area contributed by atoms with Gasteiger partial charge >= 0.3 is 5.97 Å². The van der Waals surface area contributed by atoms with Gasteiger partial charge in [-0.3, -0.25) is 0 Å². The maximum absolute atomic E-state index is 13.5. The smallest absolute Gasteiger partial charge is 0.348 e. The van der Waals surface area contributed by atoms with Crippen molar-refractivity contribution in [2.45, 2.75) is 0 Å². The Kier molecular flexibility index (Phi) is 2.44. The molecule has 2 nitrogen and oxygen atoms in total. The number of carboxylic acids is 1. The topological polar surface area (TPSA) is 37.3 Å². The second-order valence-corrected chi connectivity index (χ2v) is 4.85. The molecular formula is C9H4FIO2S. The normalized spacial score (nSPS) is 10.7. The van der Waals surface area contributed by atoms with E-state index in [1.165, 1.54) is 0 Å². The molecule has 0 aliphatic heterocycles. The molecule has 5 heteroatoms. The minimum absolute atomic E-state index is 0.218. The van der Waals surface area contributed by atoms with Crippen LogP contribution in [0.25, 0.3) is 10.1 Å². The lowest BCUT2D eigenvalue weighted by Crippen LogP contribution is -1.94. The van der Waals surface area contributed by atoms with Crippen LogP contribution in [0.3, 0.4) is 0 Å². The Morgan fingerprint density at radius 1 is 1.50 bits per heavy atom. The Hall–Kier alpha value is -0.690. The van der Waals surface area contributed by atoms with Crippen LogP contribution < -0.4 is 0 Å². The highest BCUT2D eigenvalue weighted by Crippen LogP contribution is 2.32. The molecule has 1 aromatic carbocycles. The highest BCUT2D eigenvalue weighted by atomic mass is 127. The minimum Gasteiger partial charge on any atom is -0.477 e. The van der Waals surface area contributed by atoms with E-state index in [1.54, 1.807) is 12.1 Å². The van der Waals surface area contributed by atoms with Crippen molar-refractivity contribution in [3.8, 4) is 0 Å². The SMILES string of the molecule is O=C(O)c1sc2c(I)cccc2c1F. The molecule has 0 bridgehead atoms. The van der Waals surface area contributed by atoms with Crippen molar-refractivity contribution in [2.24, 2.45) is 0 Å². The third-order valence-corrected chi connectivity index (χ3v) is 4.27. The molecule has 0 atom stereocenters. The largest absolute Gasteiger partial charge is 0.477 e. The summed E-state index contributed by atoms with van der Waals surface area (Å²) in [4.78, 5) is 10.5. The molecule has 0 aliphatic rings. The summed E-state index contributed by atoms with van der Waals surface area (Å²) in [7, 11) is 0. The summed E-state index contributed by atoms with van der Waals surface area (Å²) < 4.78 is 15.1. The van der Waals surface area contributed by atoms with Crippen molar-refractivity contribution in [1.29, 1.82) is 0 Å². The molecule has 0 amide bonds. The van der Waals surface area contributed by atoms with Crippen molar-refractivity contribution >= 4 is 50.0 Å². The first kappa shape index (κ1) is 9.85. The number of hydrogen-bond donors (Lipinski definition) is 1. The van der Waals surface area contributed by atoms with E-state index >= 15 is 0 Å². The highest BCUT2D eigenvalue weighted by molar-refractivity contribution is 14.1. The summed E-state index contributed by atoms with van der Waals surface area (Å²) in [5.74, 6) is -1.84. The summed E-state index contributed by atoms with van der Waals surface area (Å²) in [6.07, 6.45) is 0. The van der Waals surface area contributed by atoms with E-state index in [1.807, 2.05) is 6.07 Å². The van der Waals surface area contributed by atoms with Crippen LogP contribution in [-0.4, -0.2) is 11.1 Å². The van der Waals surface area contributed by atoms with Crippen LogP contribution in [0.1, 0.15) is 9.67 Å². The summed E-state index contributed by atoms with van der Waals surface area (Å²) in [5.41, 5.74) is 0. The number of rotatable bonds is 1. The Morgan fingerprint density at radius 2 is 2.21 bits per heavy atom. The molecule has 0 radical (unpaired) electrons. The van der Waals surface area contributed by atoms with E-state index in [4.69, 9.17) is 5.11 Å². The number of aromatic carboxylic acids is 1. The summed E-state index contributed by atoms with van der Waals surface area (Å²) >= 11 is 3.04. The number of thiophene rings is 1. The molecule has 1 aromatic heterocycles. The standard InChI is InChI=1S/C9H4FIO2S/c10-6-4-2-1-3-5(11)7(4)14-8(6)9(12)13/h1-3H,(H,12,13). The zero-order valence-electron chi connectivity index (χ0n) is 6.75. The van der Waals surface area contributed by atoms with Crippen molar-refractivity contribution < 1.29 is 14.3 Å². The predicted octanol–water partition coefficient (Wildman–Crippen LogP) is 3.34. The van der Waals surface area contributed by atoms with Gasteiger partial charge in [-0.2, -0.15) is 0 Å². The molecule has 0 aliphatic carbocycles. The summed E-state index contributed by atoms with van der Waals surface area (Å²) in [6.45, 7) is 0. The zero-order chi connectivity index (χ0) is 10.3. The molecule has 2 aromatic rings. The molecule has 0 fully saturated rings. The van der Waals surface area contributed by atoms with Crippen molar-refractivity contribution in [3.05, 3.63) is 32.5 Å². The Bertz CT molecular complexity index is 521. The molecule has 1 N–H and O–H groups in total. The van der Waals surface area contributed by atoms with Crippen molar-refractivity contribution in [2.75, 3.05) is 0 Å². The van der Waals surface area contributed by atoms with Gasteiger partial charge in [0.05, 0.1) is 4.70 Å². The van der Waals surface area contributed by atoms with Crippen LogP contribution in [0.2, 0.25) is 0 Å². The molecule has 0 saturated carbocycles. The monoisotopic (exact) mass is 322 g/mol. The first-order chi connectivity index (χ1) is 6.61. The third kappa shape index (κ3) is 1.40. The molecule has 0 unspecified atom stereocenters. The van der Waals surface area contributed by atoms with Crippen LogP contribution >= 0.6 is 33.9 Å². The van der Waals surface area contributed by atoms with Gasteiger partial charge in [-0.05, 0) is 28.7 Å². The van der Waals surface area contributed by atoms with Crippen LogP contribution in [0, 0.1) is 9.39 Å². The first-order valence-corrected chi connectivity index (χ1v) is 5.60. The fourth-order valence-corrected chi connectivity index (χ4v) is 2.94. The van der Waals surface area contributed by atoms with Gasteiger partial charge < -0.3 is 5.11 Å². The molecule has 1 heterocycles. The fraction of sp³-hybridized carbons (Fsp3) is 0. The molecule has 2 rings (SSSR count). The second-order valence-electron chi connectivity index (χ2n) is 2.67. The molecular weight excluding hydrogens is 318 g/mol. The fourth-order valence-electron chi connectivity index (χ4n) is 1.19. The minimum atomic E-state index is -1.21. The predicted molar refractivity (Wildman–Crippen MR) is 61.5 cm³/mol. The van der Waals surface area contributed by atoms with Crippen LogP contribution in [0.5, 0.6) is 0 Å². The van der Waals surface area contributed by atoms with E-state index in [0.717, 1.165) is 14.9 Å². The molecule has 0 spiro atoms. The average molecular weight is 322 g/mol. The number of halogens is 2. The molecule has 14 heavy (non-hydrogen) atoms.